The van der Waals surface area contributed by atoms with Gasteiger partial charge in [0.1, 0.15) is 0 Å². The van der Waals surface area contributed by atoms with Gasteiger partial charge in [-0.15, -0.1) is 0 Å². The highest BCUT2D eigenvalue weighted by atomic mass is 32.2. The summed E-state index contributed by atoms with van der Waals surface area (Å²) in [4.78, 5) is 0. The molecule has 0 aliphatic carbocycles. The molecule has 0 bridgehead atoms. The predicted octanol–water partition coefficient (Wildman–Crippen LogP) is 0.877. The first-order valence-electron chi connectivity index (χ1n) is 5.14. The fraction of sp³-hybridized carbons (Fsp3) is 0.364. The number of sulfonamides is 1. The molecule has 0 aliphatic rings. The zero-order valence-electron chi connectivity index (χ0n) is 9.26. The SMILES string of the molecule is N#CCS(=O)(=O)Nc1cccc(CCCO)c1. The number of aliphatic hydroxyl groups is 1. The van der Waals surface area contributed by atoms with E-state index in [-0.39, 0.29) is 6.61 Å². The van der Waals surface area contributed by atoms with E-state index in [9.17, 15) is 8.42 Å². The Hall–Kier alpha value is -1.58. The van der Waals surface area contributed by atoms with Crippen LogP contribution in [0.15, 0.2) is 24.3 Å². The van der Waals surface area contributed by atoms with E-state index in [2.05, 4.69) is 4.72 Å². The normalized spacial score (nSPS) is 10.8. The first-order valence-corrected chi connectivity index (χ1v) is 6.80. The second-order valence-electron chi connectivity index (χ2n) is 3.55. The van der Waals surface area contributed by atoms with Gasteiger partial charge in [0.05, 0.1) is 6.07 Å². The molecule has 0 saturated heterocycles. The maximum atomic E-state index is 11.4. The van der Waals surface area contributed by atoms with E-state index < -0.39 is 15.8 Å². The lowest BCUT2D eigenvalue weighted by Gasteiger charge is -2.07. The number of rotatable bonds is 6. The largest absolute Gasteiger partial charge is 0.396 e. The molecule has 0 saturated carbocycles. The maximum Gasteiger partial charge on any atom is 0.246 e. The number of hydrogen-bond donors (Lipinski definition) is 2. The van der Waals surface area contributed by atoms with Crippen molar-refractivity contribution in [2.75, 3.05) is 17.1 Å². The van der Waals surface area contributed by atoms with Gasteiger partial charge >= 0.3 is 0 Å². The molecule has 0 unspecified atom stereocenters. The first kappa shape index (κ1) is 13.5. The standard InChI is InChI=1S/C11H14N2O3S/c12-6-8-17(15,16)13-11-5-1-3-10(9-11)4-2-7-14/h1,3,5,9,13-14H,2,4,7-8H2. The lowest BCUT2D eigenvalue weighted by molar-refractivity contribution is 0.288. The molecule has 92 valence electrons. The molecule has 17 heavy (non-hydrogen) atoms. The summed E-state index contributed by atoms with van der Waals surface area (Å²) in [5, 5.41) is 17.1. The van der Waals surface area contributed by atoms with E-state index >= 15 is 0 Å². The van der Waals surface area contributed by atoms with Gasteiger partial charge in [0.25, 0.3) is 0 Å². The third-order valence-corrected chi connectivity index (χ3v) is 3.13. The van der Waals surface area contributed by atoms with Crippen LogP contribution in [0.3, 0.4) is 0 Å². The van der Waals surface area contributed by atoms with E-state index in [0.29, 0.717) is 18.5 Å². The van der Waals surface area contributed by atoms with Gasteiger partial charge in [0, 0.05) is 12.3 Å². The summed E-state index contributed by atoms with van der Waals surface area (Å²) in [5.41, 5.74) is 1.38. The van der Waals surface area contributed by atoms with E-state index in [0.717, 1.165) is 5.56 Å². The Bertz CT molecular complexity index is 506. The lowest BCUT2D eigenvalue weighted by Crippen LogP contribution is -2.15. The number of benzene rings is 1. The molecular formula is C11H14N2O3S. The van der Waals surface area contributed by atoms with E-state index in [1.54, 1.807) is 24.3 Å². The second kappa shape index (κ2) is 6.23. The van der Waals surface area contributed by atoms with Crippen LogP contribution in [0.5, 0.6) is 0 Å². The fourth-order valence-corrected chi connectivity index (χ4v) is 2.10. The van der Waals surface area contributed by atoms with Crippen molar-refractivity contribution in [3.63, 3.8) is 0 Å². The van der Waals surface area contributed by atoms with Gasteiger partial charge in [0.2, 0.25) is 10.0 Å². The van der Waals surface area contributed by atoms with Crippen LogP contribution in [0, 0.1) is 11.3 Å². The van der Waals surface area contributed by atoms with E-state index in [1.807, 2.05) is 6.07 Å². The zero-order chi connectivity index (χ0) is 12.7. The summed E-state index contributed by atoms with van der Waals surface area (Å²) >= 11 is 0. The molecule has 2 N–H and O–H groups in total. The Morgan fingerprint density at radius 3 is 2.82 bits per heavy atom. The molecule has 0 atom stereocenters. The van der Waals surface area contributed by atoms with Crippen molar-refractivity contribution < 1.29 is 13.5 Å². The lowest BCUT2D eigenvalue weighted by atomic mass is 10.1. The quantitative estimate of drug-likeness (QED) is 0.788. The number of nitrogens with one attached hydrogen (secondary N) is 1. The maximum absolute atomic E-state index is 11.4. The summed E-state index contributed by atoms with van der Waals surface area (Å²) in [6.45, 7) is 0.102. The average Bonchev–Trinajstić information content (AvgIpc) is 2.26. The predicted molar refractivity (Wildman–Crippen MR) is 64.9 cm³/mol. The van der Waals surface area contributed by atoms with Crippen LogP contribution in [-0.2, 0) is 16.4 Å². The molecule has 6 heteroatoms. The third kappa shape index (κ3) is 4.85. The number of anilines is 1. The van der Waals surface area contributed by atoms with Crippen LogP contribution in [0.25, 0.3) is 0 Å². The van der Waals surface area contributed by atoms with Crippen LogP contribution < -0.4 is 4.72 Å². The third-order valence-electron chi connectivity index (χ3n) is 2.08. The molecule has 1 rings (SSSR count). The highest BCUT2D eigenvalue weighted by Gasteiger charge is 2.09. The Morgan fingerprint density at radius 1 is 1.41 bits per heavy atom. The number of hydrogen-bond acceptors (Lipinski definition) is 4. The molecule has 0 heterocycles. The molecule has 1 aromatic carbocycles. The topological polar surface area (TPSA) is 90.2 Å². The highest BCUT2D eigenvalue weighted by Crippen LogP contribution is 2.13. The van der Waals surface area contributed by atoms with E-state index in [1.165, 1.54) is 0 Å². The van der Waals surface area contributed by atoms with Crippen molar-refractivity contribution >= 4 is 15.7 Å². The summed E-state index contributed by atoms with van der Waals surface area (Å²) in [5.74, 6) is -0.562. The van der Waals surface area contributed by atoms with Gasteiger partial charge in [-0.05, 0) is 30.5 Å². The Labute approximate surface area is 101 Å². The molecule has 0 aromatic heterocycles. The van der Waals surface area contributed by atoms with Gasteiger partial charge in [-0.2, -0.15) is 5.26 Å². The van der Waals surface area contributed by atoms with Crippen molar-refractivity contribution in [2.45, 2.75) is 12.8 Å². The van der Waals surface area contributed by atoms with Gasteiger partial charge < -0.3 is 5.11 Å². The van der Waals surface area contributed by atoms with Crippen LogP contribution in [-0.4, -0.2) is 25.9 Å². The molecule has 1 aromatic rings. The molecule has 0 aliphatic heterocycles. The van der Waals surface area contributed by atoms with Gasteiger partial charge in [0.15, 0.2) is 5.75 Å². The molecule has 0 amide bonds. The average molecular weight is 254 g/mol. The number of aryl methyl sites for hydroxylation is 1. The molecule has 5 nitrogen and oxygen atoms in total. The monoisotopic (exact) mass is 254 g/mol. The van der Waals surface area contributed by atoms with Crippen molar-refractivity contribution in [1.82, 2.24) is 0 Å². The summed E-state index contributed by atoms with van der Waals surface area (Å²) in [6.07, 6.45) is 1.32. The van der Waals surface area contributed by atoms with Crippen LogP contribution in [0.4, 0.5) is 5.69 Å². The minimum Gasteiger partial charge on any atom is -0.396 e. The van der Waals surface area contributed by atoms with Crippen molar-refractivity contribution in [3.8, 4) is 6.07 Å². The van der Waals surface area contributed by atoms with Crippen molar-refractivity contribution in [1.29, 1.82) is 5.26 Å². The Kier molecular flexibility index (Phi) is 4.94. The van der Waals surface area contributed by atoms with Gasteiger partial charge in [-0.3, -0.25) is 4.72 Å². The highest BCUT2D eigenvalue weighted by molar-refractivity contribution is 7.92. The number of aliphatic hydroxyl groups excluding tert-OH is 1. The second-order valence-corrected chi connectivity index (χ2v) is 5.27. The first-order chi connectivity index (χ1) is 8.07. The molecule has 0 fully saturated rings. The molecule has 0 radical (unpaired) electrons. The fourth-order valence-electron chi connectivity index (χ4n) is 1.37. The van der Waals surface area contributed by atoms with Gasteiger partial charge in [-0.1, -0.05) is 12.1 Å². The van der Waals surface area contributed by atoms with Crippen LogP contribution in [0.2, 0.25) is 0 Å². The Morgan fingerprint density at radius 2 is 2.18 bits per heavy atom. The molecule has 0 spiro atoms. The van der Waals surface area contributed by atoms with Crippen LogP contribution in [0.1, 0.15) is 12.0 Å². The molecular weight excluding hydrogens is 240 g/mol. The summed E-state index contributed by atoms with van der Waals surface area (Å²) in [6, 6.07) is 8.51. The van der Waals surface area contributed by atoms with Crippen LogP contribution >= 0.6 is 0 Å². The smallest absolute Gasteiger partial charge is 0.246 e. The Balaban J connectivity index is 2.76. The van der Waals surface area contributed by atoms with Gasteiger partial charge in [-0.25, -0.2) is 8.42 Å². The summed E-state index contributed by atoms with van der Waals surface area (Å²) in [7, 11) is -3.58. The zero-order valence-corrected chi connectivity index (χ0v) is 10.1. The number of nitriles is 1. The van der Waals surface area contributed by atoms with E-state index in [4.69, 9.17) is 10.4 Å². The summed E-state index contributed by atoms with van der Waals surface area (Å²) < 4.78 is 25.0. The van der Waals surface area contributed by atoms with Crippen molar-refractivity contribution in [3.05, 3.63) is 29.8 Å². The minimum atomic E-state index is -3.58. The number of nitrogens with zero attached hydrogens (tertiary/aromatic N) is 1. The minimum absolute atomic E-state index is 0.102. The van der Waals surface area contributed by atoms with Crippen molar-refractivity contribution in [2.24, 2.45) is 0 Å².